The van der Waals surface area contributed by atoms with E-state index in [1.807, 2.05) is 13.8 Å². The van der Waals surface area contributed by atoms with Gasteiger partial charge in [-0.25, -0.2) is 13.2 Å². The number of rotatable bonds is 4. The van der Waals surface area contributed by atoms with Crippen LogP contribution in [0.3, 0.4) is 0 Å². The molecule has 0 aromatic heterocycles. The Morgan fingerprint density at radius 3 is 2.38 bits per heavy atom. The largest absolute Gasteiger partial charge is 0.460 e. The Bertz CT molecular complexity index is 702. The first-order chi connectivity index (χ1) is 11.0. The molecule has 132 valence electrons. The molecule has 0 saturated heterocycles. The Morgan fingerprint density at radius 1 is 1.25 bits per heavy atom. The number of esters is 1. The standard InChI is InChI=1S/C16H14BrCl2F3O2/c1-6-12(20)11(17)7(14(22)13(6)21)5-24-15(23)10-8(4-9(18)19)16(10,2)3/h4,8,10H,5H2,1-3H3/t8-,10+/m0/s1. The van der Waals surface area contributed by atoms with Gasteiger partial charge in [0.1, 0.15) is 16.9 Å². The number of benzene rings is 1. The van der Waals surface area contributed by atoms with Crippen molar-refractivity contribution in [2.45, 2.75) is 27.4 Å². The maximum atomic E-state index is 14.0. The van der Waals surface area contributed by atoms with Gasteiger partial charge in [-0.15, -0.1) is 0 Å². The first-order valence-electron chi connectivity index (χ1n) is 7.01. The highest BCUT2D eigenvalue weighted by Gasteiger charge is 2.61. The fourth-order valence-electron chi connectivity index (χ4n) is 2.72. The quantitative estimate of drug-likeness (QED) is 0.431. The van der Waals surface area contributed by atoms with Gasteiger partial charge in [0.2, 0.25) is 0 Å². The second kappa shape index (κ2) is 6.89. The smallest absolute Gasteiger partial charge is 0.310 e. The zero-order chi connectivity index (χ0) is 18.4. The Labute approximate surface area is 156 Å². The Balaban J connectivity index is 2.16. The van der Waals surface area contributed by atoms with Gasteiger partial charge in [-0.3, -0.25) is 4.79 Å². The maximum absolute atomic E-state index is 14.0. The lowest BCUT2D eigenvalue weighted by Crippen LogP contribution is -2.13. The average Bonchev–Trinajstić information content (AvgIpc) is 3.02. The lowest BCUT2D eigenvalue weighted by Gasteiger charge is -2.12. The Kier molecular flexibility index (Phi) is 5.62. The number of allylic oxidation sites excluding steroid dienone is 1. The number of hydrogen-bond donors (Lipinski definition) is 0. The SMILES string of the molecule is Cc1c(F)c(F)c(COC(=O)[C@H]2[C@H](C=C(Cl)Cl)C2(C)C)c(Br)c1F. The van der Waals surface area contributed by atoms with Gasteiger partial charge in [0.15, 0.2) is 11.6 Å². The van der Waals surface area contributed by atoms with E-state index in [-0.39, 0.29) is 20.4 Å². The van der Waals surface area contributed by atoms with Crippen molar-refractivity contribution in [1.29, 1.82) is 0 Å². The fourth-order valence-corrected chi connectivity index (χ4v) is 3.58. The van der Waals surface area contributed by atoms with Crippen molar-refractivity contribution in [2.75, 3.05) is 0 Å². The zero-order valence-electron chi connectivity index (χ0n) is 13.0. The minimum atomic E-state index is -1.30. The summed E-state index contributed by atoms with van der Waals surface area (Å²) in [5.41, 5.74) is -1.24. The van der Waals surface area contributed by atoms with Crippen LogP contribution in [0.1, 0.15) is 25.0 Å². The van der Waals surface area contributed by atoms with Gasteiger partial charge < -0.3 is 4.74 Å². The number of carbonyl (C=O) groups excluding carboxylic acids is 1. The summed E-state index contributed by atoms with van der Waals surface area (Å²) in [6.45, 7) is 4.20. The van der Waals surface area contributed by atoms with E-state index in [9.17, 15) is 18.0 Å². The van der Waals surface area contributed by atoms with Crippen LogP contribution in [0.15, 0.2) is 15.0 Å². The molecule has 1 aromatic carbocycles. The summed E-state index contributed by atoms with van der Waals surface area (Å²) in [6, 6.07) is 0. The lowest BCUT2D eigenvalue weighted by molar-refractivity contribution is -0.147. The third-order valence-electron chi connectivity index (χ3n) is 4.40. The van der Waals surface area contributed by atoms with Crippen LogP contribution in [0, 0.1) is 41.6 Å². The first kappa shape index (κ1) is 19.6. The molecule has 0 radical (unpaired) electrons. The number of carbonyl (C=O) groups is 1. The number of hydrogen-bond acceptors (Lipinski definition) is 2. The highest BCUT2D eigenvalue weighted by Crippen LogP contribution is 2.60. The molecule has 0 aliphatic heterocycles. The van der Waals surface area contributed by atoms with Crippen molar-refractivity contribution in [2.24, 2.45) is 17.3 Å². The molecule has 1 saturated carbocycles. The van der Waals surface area contributed by atoms with Crippen molar-refractivity contribution in [3.05, 3.63) is 43.6 Å². The molecule has 1 aromatic rings. The normalized spacial score (nSPS) is 21.4. The Hall–Kier alpha value is -0.720. The Morgan fingerprint density at radius 2 is 1.83 bits per heavy atom. The fraction of sp³-hybridized carbons (Fsp3) is 0.438. The molecule has 2 rings (SSSR count). The van der Waals surface area contributed by atoms with E-state index in [0.717, 1.165) is 6.92 Å². The van der Waals surface area contributed by atoms with Gasteiger partial charge in [0, 0.05) is 11.1 Å². The summed E-state index contributed by atoms with van der Waals surface area (Å²) in [5, 5.41) is 0. The molecule has 2 atom stereocenters. The molecular weight excluding hydrogens is 432 g/mol. The molecule has 0 heterocycles. The second-order valence-electron chi connectivity index (χ2n) is 6.25. The predicted octanol–water partition coefficient (Wildman–Crippen LogP) is 5.81. The van der Waals surface area contributed by atoms with Gasteiger partial charge >= 0.3 is 5.97 Å². The van der Waals surface area contributed by atoms with Crippen molar-refractivity contribution in [3.63, 3.8) is 0 Å². The van der Waals surface area contributed by atoms with E-state index in [0.29, 0.717) is 0 Å². The van der Waals surface area contributed by atoms with E-state index in [2.05, 4.69) is 15.9 Å². The van der Waals surface area contributed by atoms with Crippen LogP contribution in [0.5, 0.6) is 0 Å². The van der Waals surface area contributed by atoms with E-state index >= 15 is 0 Å². The number of halogens is 6. The van der Waals surface area contributed by atoms with Crippen molar-refractivity contribution in [3.8, 4) is 0 Å². The summed E-state index contributed by atoms with van der Waals surface area (Å²) in [4.78, 5) is 12.2. The summed E-state index contributed by atoms with van der Waals surface area (Å²) >= 11 is 14.1. The highest BCUT2D eigenvalue weighted by atomic mass is 79.9. The van der Waals surface area contributed by atoms with E-state index in [4.69, 9.17) is 27.9 Å². The molecule has 2 nitrogen and oxygen atoms in total. The highest BCUT2D eigenvalue weighted by molar-refractivity contribution is 9.10. The van der Waals surface area contributed by atoms with Crippen LogP contribution in [0.25, 0.3) is 0 Å². The first-order valence-corrected chi connectivity index (χ1v) is 8.55. The topological polar surface area (TPSA) is 26.3 Å². The van der Waals surface area contributed by atoms with Gasteiger partial charge in [-0.2, -0.15) is 0 Å². The van der Waals surface area contributed by atoms with Crippen molar-refractivity contribution >= 4 is 45.1 Å². The van der Waals surface area contributed by atoms with Gasteiger partial charge in [-0.1, -0.05) is 37.0 Å². The van der Waals surface area contributed by atoms with Crippen LogP contribution >= 0.6 is 39.1 Å². The molecule has 1 aliphatic rings. The van der Waals surface area contributed by atoms with Crippen LogP contribution in [-0.2, 0) is 16.1 Å². The molecular formula is C16H14BrCl2F3O2. The summed E-state index contributed by atoms with van der Waals surface area (Å²) in [5.74, 6) is -4.81. The van der Waals surface area contributed by atoms with Crippen molar-refractivity contribution in [1.82, 2.24) is 0 Å². The van der Waals surface area contributed by atoms with Crippen LogP contribution in [0.4, 0.5) is 13.2 Å². The summed E-state index contributed by atoms with van der Waals surface area (Å²) in [6.07, 6.45) is 1.54. The van der Waals surface area contributed by atoms with E-state index < -0.39 is 46.9 Å². The van der Waals surface area contributed by atoms with Gasteiger partial charge in [-0.05, 0) is 40.3 Å². The predicted molar refractivity (Wildman–Crippen MR) is 89.1 cm³/mol. The van der Waals surface area contributed by atoms with Crippen LogP contribution in [0.2, 0.25) is 0 Å². The van der Waals surface area contributed by atoms with Crippen LogP contribution in [-0.4, -0.2) is 5.97 Å². The minimum Gasteiger partial charge on any atom is -0.460 e. The molecule has 0 N–H and O–H groups in total. The molecule has 0 unspecified atom stereocenters. The lowest BCUT2D eigenvalue weighted by atomic mass is 10.1. The molecule has 24 heavy (non-hydrogen) atoms. The van der Waals surface area contributed by atoms with Crippen LogP contribution < -0.4 is 0 Å². The van der Waals surface area contributed by atoms with E-state index in [1.54, 1.807) is 0 Å². The third-order valence-corrected chi connectivity index (χ3v) is 5.48. The van der Waals surface area contributed by atoms with Gasteiger partial charge in [0.05, 0.1) is 10.4 Å². The van der Waals surface area contributed by atoms with Gasteiger partial charge in [0.25, 0.3) is 0 Å². The van der Waals surface area contributed by atoms with Crippen molar-refractivity contribution < 1.29 is 22.7 Å². The summed E-state index contributed by atoms with van der Waals surface area (Å²) in [7, 11) is 0. The molecule has 1 aliphatic carbocycles. The maximum Gasteiger partial charge on any atom is 0.310 e. The van der Waals surface area contributed by atoms with E-state index in [1.165, 1.54) is 6.08 Å². The molecule has 0 bridgehead atoms. The molecule has 0 spiro atoms. The molecule has 0 amide bonds. The molecule has 1 fully saturated rings. The monoisotopic (exact) mass is 444 g/mol. The zero-order valence-corrected chi connectivity index (χ0v) is 16.1. The third kappa shape index (κ3) is 3.46. The average molecular weight is 446 g/mol. The minimum absolute atomic E-state index is 0.0415. The second-order valence-corrected chi connectivity index (χ2v) is 8.05. The number of ether oxygens (including phenoxy) is 1. The summed E-state index contributed by atoms with van der Waals surface area (Å²) < 4.78 is 46.3. The molecule has 8 heteroatoms.